The van der Waals surface area contributed by atoms with E-state index >= 15 is 0 Å². The van der Waals surface area contributed by atoms with Crippen LogP contribution in [0.4, 0.5) is 5.82 Å². The maximum atomic E-state index is 9.04. The molecule has 3 heteroatoms. The first-order chi connectivity index (χ1) is 8.86. The van der Waals surface area contributed by atoms with Crippen molar-refractivity contribution in [2.75, 3.05) is 18.0 Å². The molecule has 1 saturated heterocycles. The van der Waals surface area contributed by atoms with Crippen LogP contribution in [0.1, 0.15) is 37.7 Å². The molecule has 3 rings (SSSR count). The van der Waals surface area contributed by atoms with Crippen LogP contribution in [-0.4, -0.2) is 23.2 Å². The highest BCUT2D eigenvalue weighted by Gasteiger charge is 2.31. The van der Waals surface area contributed by atoms with Crippen LogP contribution in [0, 0.1) is 11.8 Å². The zero-order valence-electron chi connectivity index (χ0n) is 10.9. The van der Waals surface area contributed by atoms with Crippen LogP contribution in [0.15, 0.2) is 18.3 Å². The number of nitrogens with zero attached hydrogens (tertiary/aromatic N) is 2. The summed E-state index contributed by atoms with van der Waals surface area (Å²) in [6, 6.07) is 4.03. The first-order valence-corrected chi connectivity index (χ1v) is 7.17. The smallest absolute Gasteiger partial charge is 0.128 e. The van der Waals surface area contributed by atoms with E-state index in [2.05, 4.69) is 16.0 Å². The lowest BCUT2D eigenvalue weighted by atomic mass is 9.75. The molecule has 2 heterocycles. The van der Waals surface area contributed by atoms with Crippen LogP contribution >= 0.6 is 0 Å². The van der Waals surface area contributed by atoms with Gasteiger partial charge in [-0.05, 0) is 36.3 Å². The third-order valence-corrected chi connectivity index (χ3v) is 4.61. The fraction of sp³-hybridized carbons (Fsp3) is 0.667. The molecular formula is C15H22N2O. The molecular weight excluding hydrogens is 224 g/mol. The van der Waals surface area contributed by atoms with Crippen molar-refractivity contribution < 1.29 is 5.11 Å². The Morgan fingerprint density at radius 3 is 2.72 bits per heavy atom. The SMILES string of the molecule is OCc1ccc(N2CCC3CCCCC3C2)nc1. The zero-order valence-corrected chi connectivity index (χ0v) is 10.9. The number of pyridine rings is 1. The number of aromatic nitrogens is 1. The Labute approximate surface area is 109 Å². The summed E-state index contributed by atoms with van der Waals surface area (Å²) >= 11 is 0. The van der Waals surface area contributed by atoms with Gasteiger partial charge in [0.25, 0.3) is 0 Å². The van der Waals surface area contributed by atoms with Crippen LogP contribution in [0.2, 0.25) is 0 Å². The van der Waals surface area contributed by atoms with E-state index < -0.39 is 0 Å². The number of fused-ring (bicyclic) bond motifs is 1. The predicted molar refractivity (Wildman–Crippen MR) is 72.4 cm³/mol. The van der Waals surface area contributed by atoms with Crippen LogP contribution < -0.4 is 4.90 Å². The van der Waals surface area contributed by atoms with E-state index in [-0.39, 0.29) is 6.61 Å². The van der Waals surface area contributed by atoms with Crippen molar-refractivity contribution in [3.8, 4) is 0 Å². The molecule has 0 amide bonds. The second kappa shape index (κ2) is 5.27. The van der Waals surface area contributed by atoms with Crippen LogP contribution in [0.3, 0.4) is 0 Å². The molecule has 2 aliphatic rings. The molecule has 1 aromatic rings. The fourth-order valence-corrected chi connectivity index (χ4v) is 3.51. The van der Waals surface area contributed by atoms with Gasteiger partial charge in [-0.25, -0.2) is 4.98 Å². The maximum absolute atomic E-state index is 9.04. The number of hydrogen-bond acceptors (Lipinski definition) is 3. The minimum Gasteiger partial charge on any atom is -0.392 e. The van der Waals surface area contributed by atoms with Crippen LogP contribution in [-0.2, 0) is 6.61 Å². The Morgan fingerprint density at radius 1 is 1.17 bits per heavy atom. The Balaban J connectivity index is 1.69. The molecule has 18 heavy (non-hydrogen) atoms. The van der Waals surface area contributed by atoms with Gasteiger partial charge in [0.05, 0.1) is 6.61 Å². The van der Waals surface area contributed by atoms with Gasteiger partial charge in [-0.15, -0.1) is 0 Å². The topological polar surface area (TPSA) is 36.4 Å². The molecule has 0 spiro atoms. The third kappa shape index (κ3) is 2.37. The molecule has 0 aromatic carbocycles. The normalized spacial score (nSPS) is 27.9. The first kappa shape index (κ1) is 12.0. The summed E-state index contributed by atoms with van der Waals surface area (Å²) in [5.74, 6) is 2.93. The average Bonchev–Trinajstić information content (AvgIpc) is 2.47. The van der Waals surface area contributed by atoms with Gasteiger partial charge >= 0.3 is 0 Å². The largest absolute Gasteiger partial charge is 0.392 e. The Bertz CT molecular complexity index is 390. The molecule has 1 saturated carbocycles. The minimum absolute atomic E-state index is 0.0813. The van der Waals surface area contributed by atoms with Gasteiger partial charge in [-0.1, -0.05) is 25.3 Å². The molecule has 3 nitrogen and oxygen atoms in total. The Kier molecular flexibility index (Phi) is 3.50. The van der Waals surface area contributed by atoms with Crippen molar-refractivity contribution in [3.63, 3.8) is 0 Å². The number of rotatable bonds is 2. The number of hydrogen-bond donors (Lipinski definition) is 1. The van der Waals surface area contributed by atoms with Crippen molar-refractivity contribution in [3.05, 3.63) is 23.9 Å². The van der Waals surface area contributed by atoms with Gasteiger partial charge in [-0.2, -0.15) is 0 Å². The maximum Gasteiger partial charge on any atom is 0.128 e. The van der Waals surface area contributed by atoms with E-state index in [1.54, 1.807) is 6.20 Å². The van der Waals surface area contributed by atoms with E-state index in [1.807, 2.05) is 6.07 Å². The summed E-state index contributed by atoms with van der Waals surface area (Å²) in [5, 5.41) is 9.04. The highest BCUT2D eigenvalue weighted by atomic mass is 16.3. The summed E-state index contributed by atoms with van der Waals surface area (Å²) in [4.78, 5) is 6.90. The quantitative estimate of drug-likeness (QED) is 0.871. The van der Waals surface area contributed by atoms with Gasteiger partial charge in [-0.3, -0.25) is 0 Å². The Morgan fingerprint density at radius 2 is 2.00 bits per heavy atom. The predicted octanol–water partition coefficient (Wildman–Crippen LogP) is 2.59. The van der Waals surface area contributed by atoms with Gasteiger partial charge in [0.1, 0.15) is 5.82 Å². The lowest BCUT2D eigenvalue weighted by molar-refractivity contribution is 0.202. The summed E-state index contributed by atoms with van der Waals surface area (Å²) < 4.78 is 0. The molecule has 98 valence electrons. The lowest BCUT2D eigenvalue weighted by Gasteiger charge is -2.41. The van der Waals surface area contributed by atoms with E-state index in [4.69, 9.17) is 5.11 Å². The molecule has 1 aromatic heterocycles. The molecule has 2 fully saturated rings. The standard InChI is InChI=1S/C15H22N2O/c18-11-12-5-6-15(16-9-12)17-8-7-13-3-1-2-4-14(13)10-17/h5-6,9,13-14,18H,1-4,7-8,10-11H2. The first-order valence-electron chi connectivity index (χ1n) is 7.17. The molecule has 2 unspecified atom stereocenters. The number of aliphatic hydroxyl groups is 1. The minimum atomic E-state index is 0.0813. The van der Waals surface area contributed by atoms with E-state index in [0.29, 0.717) is 0 Å². The zero-order chi connectivity index (χ0) is 12.4. The molecule has 1 aliphatic carbocycles. The summed E-state index contributed by atoms with van der Waals surface area (Å²) in [7, 11) is 0. The number of anilines is 1. The second-order valence-corrected chi connectivity index (χ2v) is 5.72. The molecule has 1 aliphatic heterocycles. The summed E-state index contributed by atoms with van der Waals surface area (Å²) in [5.41, 5.74) is 0.895. The molecule has 0 radical (unpaired) electrons. The van der Waals surface area contributed by atoms with Gasteiger partial charge < -0.3 is 10.0 Å². The van der Waals surface area contributed by atoms with Gasteiger partial charge in [0.15, 0.2) is 0 Å². The average molecular weight is 246 g/mol. The van der Waals surface area contributed by atoms with E-state index in [0.717, 1.165) is 29.8 Å². The number of piperidine rings is 1. The van der Waals surface area contributed by atoms with Crippen molar-refractivity contribution in [1.29, 1.82) is 0 Å². The summed E-state index contributed by atoms with van der Waals surface area (Å²) in [6.45, 7) is 2.40. The van der Waals surface area contributed by atoms with Crippen molar-refractivity contribution in [2.45, 2.75) is 38.7 Å². The van der Waals surface area contributed by atoms with Gasteiger partial charge in [0, 0.05) is 19.3 Å². The Hall–Kier alpha value is -1.09. The highest BCUT2D eigenvalue weighted by molar-refractivity contribution is 5.40. The molecule has 2 atom stereocenters. The van der Waals surface area contributed by atoms with Crippen LogP contribution in [0.5, 0.6) is 0 Å². The fourth-order valence-electron chi connectivity index (χ4n) is 3.51. The molecule has 1 N–H and O–H groups in total. The van der Waals surface area contributed by atoms with Crippen LogP contribution in [0.25, 0.3) is 0 Å². The summed E-state index contributed by atoms with van der Waals surface area (Å²) in [6.07, 6.45) is 8.80. The van der Waals surface area contributed by atoms with E-state index in [1.165, 1.54) is 38.6 Å². The lowest BCUT2D eigenvalue weighted by Crippen LogP contribution is -2.42. The van der Waals surface area contributed by atoms with Crippen molar-refractivity contribution in [2.24, 2.45) is 11.8 Å². The molecule has 0 bridgehead atoms. The second-order valence-electron chi connectivity index (χ2n) is 5.72. The van der Waals surface area contributed by atoms with Crippen molar-refractivity contribution >= 4 is 5.82 Å². The van der Waals surface area contributed by atoms with E-state index in [9.17, 15) is 0 Å². The highest BCUT2D eigenvalue weighted by Crippen LogP contribution is 2.37. The third-order valence-electron chi connectivity index (χ3n) is 4.61. The van der Waals surface area contributed by atoms with Crippen molar-refractivity contribution in [1.82, 2.24) is 4.98 Å². The monoisotopic (exact) mass is 246 g/mol. The van der Waals surface area contributed by atoms with Gasteiger partial charge in [0.2, 0.25) is 0 Å². The number of aliphatic hydroxyl groups excluding tert-OH is 1.